The molecule has 0 saturated carbocycles. The van der Waals surface area contributed by atoms with Crippen molar-refractivity contribution >= 4 is 17.4 Å². The molecule has 12 heavy (non-hydrogen) atoms. The molecule has 0 aromatic carbocycles. The maximum absolute atomic E-state index is 10.6. The molecule has 0 aliphatic carbocycles. The number of rotatable bonds is 3. The third kappa shape index (κ3) is 2.92. The van der Waals surface area contributed by atoms with Crippen LogP contribution in [0.25, 0.3) is 0 Å². The van der Waals surface area contributed by atoms with Crippen molar-refractivity contribution in [1.29, 1.82) is 0 Å². The molecule has 0 aliphatic rings. The number of hydrogen-bond acceptors (Lipinski definition) is 3. The Morgan fingerprint density at radius 2 is 2.58 bits per heavy atom. The number of amides is 1. The number of nitrogens with one attached hydrogen (secondary N) is 1. The van der Waals surface area contributed by atoms with Gasteiger partial charge in [-0.2, -0.15) is 11.3 Å². The average Bonchev–Trinajstić information content (AvgIpc) is 2.57. The van der Waals surface area contributed by atoms with Crippen LogP contribution in [0.4, 0.5) is 4.79 Å². The van der Waals surface area contributed by atoms with Crippen LogP contribution in [0, 0.1) is 0 Å². The molecule has 1 N–H and O–H groups in total. The number of methoxy groups -OCH3 is 1. The lowest BCUT2D eigenvalue weighted by atomic mass is 10.2. The van der Waals surface area contributed by atoms with Crippen molar-refractivity contribution in [3.8, 4) is 0 Å². The van der Waals surface area contributed by atoms with E-state index in [2.05, 4.69) is 15.4 Å². The molecular weight excluding hydrogens is 174 g/mol. The van der Waals surface area contributed by atoms with Crippen LogP contribution >= 0.6 is 11.3 Å². The second-order valence-corrected chi connectivity index (χ2v) is 3.08. The smallest absolute Gasteiger partial charge is 0.406 e. The predicted octanol–water partition coefficient (Wildman–Crippen LogP) is 1.65. The van der Waals surface area contributed by atoms with E-state index in [1.54, 1.807) is 11.3 Å². The molecule has 1 heterocycles. The lowest BCUT2D eigenvalue weighted by Gasteiger charge is -2.01. The van der Waals surface area contributed by atoms with E-state index in [9.17, 15) is 4.79 Å². The van der Waals surface area contributed by atoms with E-state index in [4.69, 9.17) is 0 Å². The summed E-state index contributed by atoms with van der Waals surface area (Å²) in [5.41, 5.74) is 1.25. The quantitative estimate of drug-likeness (QED) is 0.777. The van der Waals surface area contributed by atoms with Crippen LogP contribution in [0.3, 0.4) is 0 Å². The number of carbonyl (C=O) groups excluding carboxylic acids is 1. The molecule has 1 rings (SSSR count). The van der Waals surface area contributed by atoms with Gasteiger partial charge in [-0.1, -0.05) is 0 Å². The minimum atomic E-state index is -0.370. The van der Waals surface area contributed by atoms with E-state index in [0.29, 0.717) is 6.54 Å². The highest BCUT2D eigenvalue weighted by atomic mass is 32.1. The van der Waals surface area contributed by atoms with Gasteiger partial charge in [-0.05, 0) is 28.8 Å². The van der Waals surface area contributed by atoms with Crippen molar-refractivity contribution in [2.24, 2.45) is 0 Å². The Morgan fingerprint density at radius 1 is 1.75 bits per heavy atom. The van der Waals surface area contributed by atoms with Gasteiger partial charge in [-0.25, -0.2) is 4.79 Å². The molecule has 66 valence electrons. The molecular formula is C8H11NO2S. The lowest BCUT2D eigenvalue weighted by Crippen LogP contribution is -2.25. The van der Waals surface area contributed by atoms with E-state index >= 15 is 0 Å². The summed E-state index contributed by atoms with van der Waals surface area (Å²) in [4.78, 5) is 10.6. The molecule has 3 nitrogen and oxygen atoms in total. The third-order valence-corrected chi connectivity index (χ3v) is 2.18. The molecule has 0 bridgehead atoms. The Balaban J connectivity index is 2.15. The van der Waals surface area contributed by atoms with Gasteiger partial charge in [0.05, 0.1) is 7.11 Å². The number of thiophene rings is 1. The van der Waals surface area contributed by atoms with Crippen molar-refractivity contribution < 1.29 is 9.53 Å². The molecule has 1 amide bonds. The molecule has 1 aromatic rings. The SMILES string of the molecule is COC(=O)NCCc1ccsc1. The highest BCUT2D eigenvalue weighted by Crippen LogP contribution is 2.05. The zero-order chi connectivity index (χ0) is 8.81. The fraction of sp³-hybridized carbons (Fsp3) is 0.375. The average molecular weight is 185 g/mol. The summed E-state index contributed by atoms with van der Waals surface area (Å²) >= 11 is 1.66. The van der Waals surface area contributed by atoms with Crippen LogP contribution in [-0.2, 0) is 11.2 Å². The molecule has 4 heteroatoms. The second kappa shape index (κ2) is 4.77. The highest BCUT2D eigenvalue weighted by Gasteiger charge is 1.97. The van der Waals surface area contributed by atoms with Crippen LogP contribution in [-0.4, -0.2) is 19.7 Å². The number of alkyl carbamates (subject to hydrolysis) is 1. The Morgan fingerprint density at radius 3 is 3.17 bits per heavy atom. The maximum Gasteiger partial charge on any atom is 0.406 e. The van der Waals surface area contributed by atoms with E-state index in [1.165, 1.54) is 12.7 Å². The monoisotopic (exact) mass is 185 g/mol. The normalized spacial score (nSPS) is 9.42. The first kappa shape index (κ1) is 9.06. The van der Waals surface area contributed by atoms with Crippen molar-refractivity contribution in [2.75, 3.05) is 13.7 Å². The number of carbonyl (C=O) groups is 1. The van der Waals surface area contributed by atoms with Gasteiger partial charge in [-0.15, -0.1) is 0 Å². The summed E-state index contributed by atoms with van der Waals surface area (Å²) in [5.74, 6) is 0. The summed E-state index contributed by atoms with van der Waals surface area (Å²) < 4.78 is 4.42. The molecule has 0 saturated heterocycles. The van der Waals surface area contributed by atoms with Gasteiger partial charge in [0.15, 0.2) is 0 Å². The Bertz CT molecular complexity index is 233. The molecule has 0 radical (unpaired) electrons. The van der Waals surface area contributed by atoms with Crippen molar-refractivity contribution in [3.05, 3.63) is 22.4 Å². The first-order valence-corrected chi connectivity index (χ1v) is 4.60. The third-order valence-electron chi connectivity index (χ3n) is 1.45. The molecule has 0 unspecified atom stereocenters. The van der Waals surface area contributed by atoms with Crippen LogP contribution in [0.5, 0.6) is 0 Å². The second-order valence-electron chi connectivity index (χ2n) is 2.30. The van der Waals surface area contributed by atoms with Gasteiger partial charge < -0.3 is 10.1 Å². The molecule has 0 fully saturated rings. The lowest BCUT2D eigenvalue weighted by molar-refractivity contribution is 0.171. The largest absolute Gasteiger partial charge is 0.453 e. The minimum absolute atomic E-state index is 0.370. The minimum Gasteiger partial charge on any atom is -0.453 e. The van der Waals surface area contributed by atoms with Gasteiger partial charge in [0.1, 0.15) is 0 Å². The molecule has 1 aromatic heterocycles. The number of ether oxygens (including phenoxy) is 1. The van der Waals surface area contributed by atoms with Crippen molar-refractivity contribution in [3.63, 3.8) is 0 Å². The summed E-state index contributed by atoms with van der Waals surface area (Å²) in [5, 5.41) is 6.70. The molecule has 0 atom stereocenters. The summed E-state index contributed by atoms with van der Waals surface area (Å²) in [6.45, 7) is 0.628. The van der Waals surface area contributed by atoms with E-state index in [-0.39, 0.29) is 6.09 Å². The maximum atomic E-state index is 10.6. The van der Waals surface area contributed by atoms with Crippen LogP contribution in [0.1, 0.15) is 5.56 Å². The zero-order valence-corrected chi connectivity index (χ0v) is 7.69. The Kier molecular flexibility index (Phi) is 3.60. The van der Waals surface area contributed by atoms with Gasteiger partial charge in [0.2, 0.25) is 0 Å². The van der Waals surface area contributed by atoms with Crippen molar-refractivity contribution in [2.45, 2.75) is 6.42 Å². The number of hydrogen-bond donors (Lipinski definition) is 1. The summed E-state index contributed by atoms with van der Waals surface area (Å²) in [6, 6.07) is 2.05. The predicted molar refractivity (Wildman–Crippen MR) is 48.4 cm³/mol. The van der Waals surface area contributed by atoms with Gasteiger partial charge in [0.25, 0.3) is 0 Å². The Labute approximate surface area is 75.4 Å². The summed E-state index contributed by atoms with van der Waals surface area (Å²) in [7, 11) is 1.36. The highest BCUT2D eigenvalue weighted by molar-refractivity contribution is 7.07. The van der Waals surface area contributed by atoms with Crippen LogP contribution in [0.2, 0.25) is 0 Å². The van der Waals surface area contributed by atoms with Gasteiger partial charge in [0, 0.05) is 6.54 Å². The van der Waals surface area contributed by atoms with E-state index in [0.717, 1.165) is 6.42 Å². The first-order valence-electron chi connectivity index (χ1n) is 3.66. The fourth-order valence-corrected chi connectivity index (χ4v) is 1.52. The van der Waals surface area contributed by atoms with Gasteiger partial charge >= 0.3 is 6.09 Å². The van der Waals surface area contributed by atoms with Crippen molar-refractivity contribution in [1.82, 2.24) is 5.32 Å². The topological polar surface area (TPSA) is 38.3 Å². The summed E-state index contributed by atoms with van der Waals surface area (Å²) in [6.07, 6.45) is 0.490. The fourth-order valence-electron chi connectivity index (χ4n) is 0.816. The van der Waals surface area contributed by atoms with Crippen LogP contribution < -0.4 is 5.32 Å². The zero-order valence-electron chi connectivity index (χ0n) is 6.87. The molecule has 0 aliphatic heterocycles. The standard InChI is InChI=1S/C8H11NO2S/c1-11-8(10)9-4-2-7-3-5-12-6-7/h3,5-6H,2,4H2,1H3,(H,9,10). The van der Waals surface area contributed by atoms with Crippen LogP contribution in [0.15, 0.2) is 16.8 Å². The van der Waals surface area contributed by atoms with Gasteiger partial charge in [-0.3, -0.25) is 0 Å². The molecule has 0 spiro atoms. The first-order chi connectivity index (χ1) is 5.83. The Hall–Kier alpha value is -1.03. The van der Waals surface area contributed by atoms with E-state index in [1.807, 2.05) is 11.4 Å². The van der Waals surface area contributed by atoms with E-state index < -0.39 is 0 Å².